The van der Waals surface area contributed by atoms with Crippen molar-refractivity contribution in [3.05, 3.63) is 60.3 Å². The Hall–Kier alpha value is -2.95. The summed E-state index contributed by atoms with van der Waals surface area (Å²) in [4.78, 5) is 19.6. The molecule has 22 heavy (non-hydrogen) atoms. The number of benzene rings is 2. The van der Waals surface area contributed by atoms with Gasteiger partial charge < -0.3 is 11.1 Å². The van der Waals surface area contributed by atoms with Crippen LogP contribution in [0.25, 0.3) is 10.9 Å². The Labute approximate surface area is 128 Å². The van der Waals surface area contributed by atoms with Gasteiger partial charge in [-0.3, -0.25) is 4.79 Å². The number of nitrogens with two attached hydrogens (primary N) is 1. The average Bonchev–Trinajstić information content (AvgIpc) is 2.54. The highest BCUT2D eigenvalue weighted by Gasteiger charge is 2.01. The molecule has 3 N–H and O–H groups in total. The van der Waals surface area contributed by atoms with E-state index in [1.165, 1.54) is 0 Å². The number of hydrogen-bond donors (Lipinski definition) is 2. The molecule has 0 radical (unpaired) electrons. The number of nitrogens with zero attached hydrogens (tertiary/aromatic N) is 2. The van der Waals surface area contributed by atoms with Crippen molar-refractivity contribution in [3.8, 4) is 0 Å². The van der Waals surface area contributed by atoms with E-state index in [0.29, 0.717) is 18.8 Å². The molecule has 1 heterocycles. The fourth-order valence-electron chi connectivity index (χ4n) is 2.18. The summed E-state index contributed by atoms with van der Waals surface area (Å²) in [6, 6.07) is 15.7. The third-order valence-electron chi connectivity index (χ3n) is 3.36. The van der Waals surface area contributed by atoms with Crippen LogP contribution in [-0.2, 0) is 11.2 Å². The van der Waals surface area contributed by atoms with Gasteiger partial charge in [-0.15, -0.1) is 0 Å². The molecule has 2 aromatic carbocycles. The molecule has 0 fully saturated rings. The van der Waals surface area contributed by atoms with Gasteiger partial charge in [-0.2, -0.15) is 0 Å². The molecule has 0 aliphatic heterocycles. The molecule has 5 nitrogen and oxygen atoms in total. The summed E-state index contributed by atoms with van der Waals surface area (Å²) < 4.78 is 0. The molecule has 0 atom stereocenters. The van der Waals surface area contributed by atoms with Gasteiger partial charge in [0.1, 0.15) is 0 Å². The molecule has 0 spiro atoms. The third kappa shape index (κ3) is 3.38. The lowest BCUT2D eigenvalue weighted by Gasteiger charge is -2.06. The van der Waals surface area contributed by atoms with Crippen LogP contribution in [0.5, 0.6) is 0 Å². The van der Waals surface area contributed by atoms with Crippen molar-refractivity contribution in [2.45, 2.75) is 12.8 Å². The Bertz CT molecular complexity index is 799. The summed E-state index contributed by atoms with van der Waals surface area (Å²) in [5.74, 6) is 0.273. The fraction of sp³-hybridized carbons (Fsp3) is 0.118. The molecule has 1 aromatic heterocycles. The highest BCUT2D eigenvalue weighted by Crippen LogP contribution is 2.17. The second kappa shape index (κ2) is 6.22. The van der Waals surface area contributed by atoms with Crippen LogP contribution in [0.4, 0.5) is 11.6 Å². The maximum absolute atomic E-state index is 10.8. The van der Waals surface area contributed by atoms with Crippen molar-refractivity contribution in [2.24, 2.45) is 5.73 Å². The SMILES string of the molecule is NC(=O)CCc1ccc(Nc2ncc3ccccc3n2)cc1. The molecule has 3 aromatic rings. The second-order valence-corrected chi connectivity index (χ2v) is 5.04. The minimum absolute atomic E-state index is 0.285. The van der Waals surface area contributed by atoms with E-state index < -0.39 is 0 Å². The van der Waals surface area contributed by atoms with Gasteiger partial charge in [-0.05, 0) is 30.2 Å². The highest BCUT2D eigenvalue weighted by molar-refractivity contribution is 5.78. The number of amides is 1. The number of primary amides is 1. The Morgan fingerprint density at radius 1 is 1.09 bits per heavy atom. The molecular weight excluding hydrogens is 276 g/mol. The molecule has 1 amide bonds. The quantitative estimate of drug-likeness (QED) is 0.757. The number of hydrogen-bond acceptors (Lipinski definition) is 4. The fourth-order valence-corrected chi connectivity index (χ4v) is 2.18. The standard InChI is InChI=1S/C17H16N4O/c18-16(22)10-7-12-5-8-14(9-6-12)20-17-19-11-13-3-1-2-4-15(13)21-17/h1-6,8-9,11H,7,10H2,(H2,18,22)(H,19,20,21). The lowest BCUT2D eigenvalue weighted by Crippen LogP contribution is -2.11. The molecular formula is C17H16N4O. The van der Waals surface area contributed by atoms with Gasteiger partial charge in [0.05, 0.1) is 5.52 Å². The highest BCUT2D eigenvalue weighted by atomic mass is 16.1. The van der Waals surface area contributed by atoms with E-state index in [1.807, 2.05) is 48.5 Å². The number of anilines is 2. The van der Waals surface area contributed by atoms with E-state index in [0.717, 1.165) is 22.2 Å². The second-order valence-electron chi connectivity index (χ2n) is 5.04. The largest absolute Gasteiger partial charge is 0.370 e. The molecule has 0 unspecified atom stereocenters. The van der Waals surface area contributed by atoms with Gasteiger partial charge in [0.2, 0.25) is 11.9 Å². The maximum Gasteiger partial charge on any atom is 0.227 e. The van der Waals surface area contributed by atoms with Crippen molar-refractivity contribution in [3.63, 3.8) is 0 Å². The van der Waals surface area contributed by atoms with Gasteiger partial charge >= 0.3 is 0 Å². The van der Waals surface area contributed by atoms with Crippen LogP contribution < -0.4 is 11.1 Å². The van der Waals surface area contributed by atoms with Crippen molar-refractivity contribution in [2.75, 3.05) is 5.32 Å². The van der Waals surface area contributed by atoms with Crippen LogP contribution >= 0.6 is 0 Å². The van der Waals surface area contributed by atoms with E-state index in [2.05, 4.69) is 15.3 Å². The summed E-state index contributed by atoms with van der Waals surface area (Å²) in [6.07, 6.45) is 2.81. The van der Waals surface area contributed by atoms with Crippen LogP contribution in [0, 0.1) is 0 Å². The van der Waals surface area contributed by atoms with E-state index >= 15 is 0 Å². The van der Waals surface area contributed by atoms with Crippen LogP contribution in [0.1, 0.15) is 12.0 Å². The number of rotatable bonds is 5. The Morgan fingerprint density at radius 2 is 1.86 bits per heavy atom. The topological polar surface area (TPSA) is 80.9 Å². The lowest BCUT2D eigenvalue weighted by atomic mass is 10.1. The molecule has 0 aliphatic carbocycles. The first kappa shape index (κ1) is 14.0. The van der Waals surface area contributed by atoms with Gasteiger partial charge in [0.25, 0.3) is 0 Å². The van der Waals surface area contributed by atoms with E-state index in [4.69, 9.17) is 5.73 Å². The summed E-state index contributed by atoms with van der Waals surface area (Å²) in [5, 5.41) is 4.18. The van der Waals surface area contributed by atoms with Crippen LogP contribution in [0.3, 0.4) is 0 Å². The van der Waals surface area contributed by atoms with E-state index in [9.17, 15) is 4.79 Å². The molecule has 3 rings (SSSR count). The summed E-state index contributed by atoms with van der Waals surface area (Å²) in [5.41, 5.74) is 8.02. The zero-order valence-corrected chi connectivity index (χ0v) is 12.0. The summed E-state index contributed by atoms with van der Waals surface area (Å²) >= 11 is 0. The van der Waals surface area contributed by atoms with E-state index in [-0.39, 0.29) is 5.91 Å². The Morgan fingerprint density at radius 3 is 2.64 bits per heavy atom. The van der Waals surface area contributed by atoms with Gasteiger partial charge in [0, 0.05) is 23.7 Å². The molecule has 0 saturated heterocycles. The Balaban J connectivity index is 1.72. The lowest BCUT2D eigenvalue weighted by molar-refractivity contribution is -0.117. The molecule has 110 valence electrons. The minimum Gasteiger partial charge on any atom is -0.370 e. The van der Waals surface area contributed by atoms with E-state index in [1.54, 1.807) is 6.20 Å². The van der Waals surface area contributed by atoms with Crippen molar-refractivity contribution in [1.82, 2.24) is 9.97 Å². The smallest absolute Gasteiger partial charge is 0.227 e. The Kier molecular flexibility index (Phi) is 3.96. The van der Waals surface area contributed by atoms with Gasteiger partial charge in [0.15, 0.2) is 0 Å². The predicted molar refractivity (Wildman–Crippen MR) is 86.8 cm³/mol. The predicted octanol–water partition coefficient (Wildman–Crippen LogP) is 2.79. The number of para-hydroxylation sites is 1. The van der Waals surface area contributed by atoms with Crippen LogP contribution in [0.2, 0.25) is 0 Å². The normalized spacial score (nSPS) is 10.5. The maximum atomic E-state index is 10.8. The van der Waals surface area contributed by atoms with Crippen LogP contribution in [-0.4, -0.2) is 15.9 Å². The minimum atomic E-state index is -0.285. The van der Waals surface area contributed by atoms with Crippen molar-refractivity contribution in [1.29, 1.82) is 0 Å². The molecule has 0 saturated carbocycles. The average molecular weight is 292 g/mol. The monoisotopic (exact) mass is 292 g/mol. The zero-order valence-electron chi connectivity index (χ0n) is 12.0. The first-order valence-corrected chi connectivity index (χ1v) is 7.07. The summed E-state index contributed by atoms with van der Waals surface area (Å²) in [7, 11) is 0. The van der Waals surface area contributed by atoms with Crippen molar-refractivity contribution >= 4 is 28.4 Å². The van der Waals surface area contributed by atoms with Gasteiger partial charge in [-0.1, -0.05) is 30.3 Å². The summed E-state index contributed by atoms with van der Waals surface area (Å²) in [6.45, 7) is 0. The molecule has 0 aliphatic rings. The number of aromatic nitrogens is 2. The molecule has 0 bridgehead atoms. The first-order chi connectivity index (χ1) is 10.7. The number of fused-ring (bicyclic) bond motifs is 1. The number of carbonyl (C=O) groups excluding carboxylic acids is 1. The van der Waals surface area contributed by atoms with Crippen LogP contribution in [0.15, 0.2) is 54.7 Å². The third-order valence-corrected chi connectivity index (χ3v) is 3.36. The zero-order chi connectivity index (χ0) is 15.4. The number of nitrogens with one attached hydrogen (secondary N) is 1. The van der Waals surface area contributed by atoms with Crippen molar-refractivity contribution < 1.29 is 4.79 Å². The number of aryl methyl sites for hydroxylation is 1. The first-order valence-electron chi connectivity index (χ1n) is 7.07. The van der Waals surface area contributed by atoms with Gasteiger partial charge in [-0.25, -0.2) is 9.97 Å². The molecule has 5 heteroatoms. The number of carbonyl (C=O) groups is 1.